The van der Waals surface area contributed by atoms with E-state index in [-0.39, 0.29) is 18.0 Å². The lowest BCUT2D eigenvalue weighted by Crippen LogP contribution is -2.36. The predicted octanol–water partition coefficient (Wildman–Crippen LogP) is 3.59. The molecule has 30 heavy (non-hydrogen) atoms. The van der Waals surface area contributed by atoms with Crippen LogP contribution in [0.2, 0.25) is 0 Å². The number of carbonyl (C=O) groups excluding carboxylic acids is 2. The van der Waals surface area contributed by atoms with Gasteiger partial charge >= 0.3 is 0 Å². The Kier molecular flexibility index (Phi) is 7.69. The van der Waals surface area contributed by atoms with Gasteiger partial charge in [0.05, 0.1) is 25.3 Å². The minimum atomic E-state index is -0.622. The van der Waals surface area contributed by atoms with Crippen molar-refractivity contribution in [1.29, 1.82) is 0 Å². The summed E-state index contributed by atoms with van der Waals surface area (Å²) < 4.78 is 19.3. The maximum absolute atomic E-state index is 13.6. The van der Waals surface area contributed by atoms with Crippen molar-refractivity contribution in [3.05, 3.63) is 107 Å². The first-order valence-electron chi connectivity index (χ1n) is 9.61. The molecule has 0 saturated carbocycles. The van der Waals surface area contributed by atoms with Crippen LogP contribution in [0.5, 0.6) is 0 Å². The standard InChI is InChI=1S/C24H23FN2O3/c25-22-9-5-4-8-21(22)24(29)27-15-23(28)26-14-18-10-12-20(13-11-18)17-30-16-19-6-2-1-3-7-19/h1-13H,14-17H2,(H,26,28)(H,27,29). The van der Waals surface area contributed by atoms with Crippen molar-refractivity contribution in [2.45, 2.75) is 19.8 Å². The van der Waals surface area contributed by atoms with Gasteiger partial charge in [0, 0.05) is 6.54 Å². The summed E-state index contributed by atoms with van der Waals surface area (Å²) in [4.78, 5) is 23.9. The predicted molar refractivity (Wildman–Crippen MR) is 112 cm³/mol. The van der Waals surface area contributed by atoms with Crippen LogP contribution in [-0.2, 0) is 29.3 Å². The van der Waals surface area contributed by atoms with E-state index < -0.39 is 11.7 Å². The van der Waals surface area contributed by atoms with Crippen LogP contribution in [0.4, 0.5) is 4.39 Å². The van der Waals surface area contributed by atoms with E-state index in [1.165, 1.54) is 18.2 Å². The van der Waals surface area contributed by atoms with E-state index in [2.05, 4.69) is 10.6 Å². The molecule has 0 unspecified atom stereocenters. The fraction of sp³-hybridized carbons (Fsp3) is 0.167. The summed E-state index contributed by atoms with van der Waals surface area (Å²) in [6.07, 6.45) is 0. The third-order valence-corrected chi connectivity index (χ3v) is 4.42. The van der Waals surface area contributed by atoms with Crippen LogP contribution >= 0.6 is 0 Å². The van der Waals surface area contributed by atoms with Gasteiger partial charge < -0.3 is 15.4 Å². The van der Waals surface area contributed by atoms with Crippen LogP contribution < -0.4 is 10.6 Å². The maximum Gasteiger partial charge on any atom is 0.254 e. The first kappa shape index (κ1) is 21.2. The highest BCUT2D eigenvalue weighted by Crippen LogP contribution is 2.08. The van der Waals surface area contributed by atoms with Gasteiger partial charge in [0.1, 0.15) is 5.82 Å². The number of ether oxygens (including phenoxy) is 1. The SMILES string of the molecule is O=C(CNC(=O)c1ccccc1F)NCc1ccc(COCc2ccccc2)cc1. The molecule has 3 rings (SSSR count). The average molecular weight is 406 g/mol. The maximum atomic E-state index is 13.6. The molecule has 0 aliphatic rings. The molecule has 0 aromatic heterocycles. The number of hydrogen-bond donors (Lipinski definition) is 2. The van der Waals surface area contributed by atoms with Crippen molar-refractivity contribution < 1.29 is 18.7 Å². The Morgan fingerprint density at radius 1 is 0.733 bits per heavy atom. The van der Waals surface area contributed by atoms with Gasteiger partial charge in [-0.2, -0.15) is 0 Å². The molecule has 0 radical (unpaired) electrons. The lowest BCUT2D eigenvalue weighted by molar-refractivity contribution is -0.120. The molecule has 0 bridgehead atoms. The second-order valence-electron chi connectivity index (χ2n) is 6.73. The highest BCUT2D eigenvalue weighted by atomic mass is 19.1. The molecule has 3 aromatic rings. The number of hydrogen-bond acceptors (Lipinski definition) is 3. The van der Waals surface area contributed by atoms with Crippen LogP contribution in [-0.4, -0.2) is 18.4 Å². The van der Waals surface area contributed by atoms with Crippen molar-refractivity contribution in [3.8, 4) is 0 Å². The third-order valence-electron chi connectivity index (χ3n) is 4.42. The Bertz CT molecular complexity index is 975. The fourth-order valence-electron chi connectivity index (χ4n) is 2.78. The number of rotatable bonds is 9. The Hall–Kier alpha value is -3.51. The van der Waals surface area contributed by atoms with Crippen molar-refractivity contribution in [2.24, 2.45) is 0 Å². The molecule has 0 heterocycles. The first-order valence-corrected chi connectivity index (χ1v) is 9.61. The van der Waals surface area contributed by atoms with E-state index in [0.717, 1.165) is 16.7 Å². The lowest BCUT2D eigenvalue weighted by atomic mass is 10.1. The molecule has 2 N–H and O–H groups in total. The van der Waals surface area contributed by atoms with Gasteiger partial charge in [0.15, 0.2) is 0 Å². The molecular formula is C24H23FN2O3. The summed E-state index contributed by atoms with van der Waals surface area (Å²) in [6.45, 7) is 1.17. The van der Waals surface area contributed by atoms with E-state index in [9.17, 15) is 14.0 Å². The topological polar surface area (TPSA) is 67.4 Å². The zero-order valence-corrected chi connectivity index (χ0v) is 16.4. The van der Waals surface area contributed by atoms with Crippen molar-refractivity contribution in [3.63, 3.8) is 0 Å². The van der Waals surface area contributed by atoms with Crippen LogP contribution in [0.1, 0.15) is 27.0 Å². The Morgan fingerprint density at radius 3 is 2.03 bits per heavy atom. The molecule has 0 spiro atoms. The minimum Gasteiger partial charge on any atom is -0.372 e. The summed E-state index contributed by atoms with van der Waals surface area (Å²) in [5.41, 5.74) is 3.00. The van der Waals surface area contributed by atoms with E-state index in [4.69, 9.17) is 4.74 Å². The third kappa shape index (κ3) is 6.53. The largest absolute Gasteiger partial charge is 0.372 e. The van der Waals surface area contributed by atoms with Crippen molar-refractivity contribution >= 4 is 11.8 Å². The van der Waals surface area contributed by atoms with E-state index in [1.54, 1.807) is 6.07 Å². The van der Waals surface area contributed by atoms with E-state index in [0.29, 0.717) is 19.8 Å². The number of benzene rings is 3. The van der Waals surface area contributed by atoms with Crippen molar-refractivity contribution in [1.82, 2.24) is 10.6 Å². The molecule has 0 aliphatic carbocycles. The number of amides is 2. The van der Waals surface area contributed by atoms with Gasteiger partial charge in [0.25, 0.3) is 5.91 Å². The van der Waals surface area contributed by atoms with Crippen molar-refractivity contribution in [2.75, 3.05) is 6.54 Å². The summed E-state index contributed by atoms with van der Waals surface area (Å²) in [5, 5.41) is 5.14. The summed E-state index contributed by atoms with van der Waals surface area (Å²) in [5.74, 6) is -1.60. The molecule has 0 fully saturated rings. The first-order chi connectivity index (χ1) is 14.6. The molecule has 5 nitrogen and oxygen atoms in total. The van der Waals surface area contributed by atoms with Crippen LogP contribution in [0, 0.1) is 5.82 Å². The fourth-order valence-corrected chi connectivity index (χ4v) is 2.78. The van der Waals surface area contributed by atoms with Crippen LogP contribution in [0.25, 0.3) is 0 Å². The van der Waals surface area contributed by atoms with E-state index >= 15 is 0 Å². The normalized spacial score (nSPS) is 10.4. The molecular weight excluding hydrogens is 383 g/mol. The zero-order chi connectivity index (χ0) is 21.2. The minimum absolute atomic E-state index is 0.0876. The Labute approximate surface area is 174 Å². The zero-order valence-electron chi connectivity index (χ0n) is 16.4. The number of halogens is 1. The molecule has 0 atom stereocenters. The second-order valence-corrected chi connectivity index (χ2v) is 6.73. The molecule has 0 aliphatic heterocycles. The van der Waals surface area contributed by atoms with Crippen LogP contribution in [0.3, 0.4) is 0 Å². The van der Waals surface area contributed by atoms with Gasteiger partial charge in [-0.15, -0.1) is 0 Å². The number of carbonyl (C=O) groups is 2. The van der Waals surface area contributed by atoms with Gasteiger partial charge in [-0.25, -0.2) is 4.39 Å². The van der Waals surface area contributed by atoms with Gasteiger partial charge in [-0.05, 0) is 28.8 Å². The molecule has 0 saturated heterocycles. The summed E-state index contributed by atoms with van der Waals surface area (Å²) in [6, 6.07) is 23.3. The summed E-state index contributed by atoms with van der Waals surface area (Å²) in [7, 11) is 0. The quantitative estimate of drug-likeness (QED) is 0.571. The monoisotopic (exact) mass is 406 g/mol. The molecule has 3 aromatic carbocycles. The average Bonchev–Trinajstić information content (AvgIpc) is 2.78. The van der Waals surface area contributed by atoms with Gasteiger partial charge in [0.2, 0.25) is 5.91 Å². The smallest absolute Gasteiger partial charge is 0.254 e. The van der Waals surface area contributed by atoms with Gasteiger partial charge in [-0.1, -0.05) is 66.7 Å². The highest BCUT2D eigenvalue weighted by Gasteiger charge is 2.11. The van der Waals surface area contributed by atoms with Gasteiger partial charge in [-0.3, -0.25) is 9.59 Å². The Morgan fingerprint density at radius 2 is 1.33 bits per heavy atom. The lowest BCUT2D eigenvalue weighted by Gasteiger charge is -2.09. The second kappa shape index (κ2) is 10.9. The Balaban J connectivity index is 1.37. The molecule has 154 valence electrons. The van der Waals surface area contributed by atoms with E-state index in [1.807, 2.05) is 54.6 Å². The van der Waals surface area contributed by atoms with Crippen LogP contribution in [0.15, 0.2) is 78.9 Å². The highest BCUT2D eigenvalue weighted by molar-refractivity contribution is 5.96. The molecule has 6 heteroatoms. The number of nitrogens with one attached hydrogen (secondary N) is 2. The molecule has 2 amide bonds. The summed E-state index contributed by atoms with van der Waals surface area (Å²) >= 11 is 0.